The first-order valence-corrected chi connectivity index (χ1v) is 4.08. The Balaban J connectivity index is 3.50. The summed E-state index contributed by atoms with van der Waals surface area (Å²) < 4.78 is 10.7. The third-order valence-electron chi connectivity index (χ3n) is 1.22. The molecule has 0 heterocycles. The average molecular weight is 161 g/mol. The molecule has 0 aliphatic heterocycles. The molecule has 0 amide bonds. The monoisotopic (exact) mass is 161 g/mol. The predicted octanol–water partition coefficient (Wildman–Crippen LogP) is 0.947. The van der Waals surface area contributed by atoms with Gasteiger partial charge in [-0.05, 0) is 27.9 Å². The Kier molecular flexibility index (Phi) is 6.51. The molecule has 0 bridgehead atoms. The van der Waals surface area contributed by atoms with Crippen LogP contribution in [0.4, 0.5) is 0 Å². The second-order valence-electron chi connectivity index (χ2n) is 2.60. The number of likely N-dealkylation sites (N-methyl/N-ethyl adjacent to an activating group) is 1. The molecule has 0 saturated carbocycles. The number of hydrogen-bond acceptors (Lipinski definition) is 3. The smallest absolute Gasteiger partial charge is 0.170 e. The highest BCUT2D eigenvalue weighted by Crippen LogP contribution is 1.95. The fraction of sp³-hybridized carbons (Fsp3) is 1.00. The molecule has 11 heavy (non-hydrogen) atoms. The topological polar surface area (TPSA) is 21.7 Å². The molecule has 0 aromatic carbocycles. The molecule has 0 unspecified atom stereocenters. The van der Waals surface area contributed by atoms with Crippen LogP contribution in [-0.2, 0) is 9.47 Å². The Hall–Kier alpha value is -0.120. The van der Waals surface area contributed by atoms with E-state index in [-0.39, 0.29) is 6.29 Å². The molecule has 0 saturated heterocycles. The Morgan fingerprint density at radius 1 is 1.09 bits per heavy atom. The first kappa shape index (κ1) is 10.9. The molecule has 0 fully saturated rings. The maximum absolute atomic E-state index is 5.33. The van der Waals surface area contributed by atoms with E-state index in [0.29, 0.717) is 13.2 Å². The number of rotatable bonds is 6. The van der Waals surface area contributed by atoms with E-state index < -0.39 is 0 Å². The summed E-state index contributed by atoms with van der Waals surface area (Å²) in [6.07, 6.45) is -0.0694. The van der Waals surface area contributed by atoms with Gasteiger partial charge in [0.05, 0.1) is 0 Å². The molecule has 0 N–H and O–H groups in total. The van der Waals surface area contributed by atoms with Gasteiger partial charge >= 0.3 is 0 Å². The van der Waals surface area contributed by atoms with Crippen molar-refractivity contribution in [2.45, 2.75) is 20.1 Å². The van der Waals surface area contributed by atoms with Crippen molar-refractivity contribution in [2.24, 2.45) is 0 Å². The van der Waals surface area contributed by atoms with Crippen LogP contribution in [0.1, 0.15) is 13.8 Å². The van der Waals surface area contributed by atoms with Crippen molar-refractivity contribution in [3.63, 3.8) is 0 Å². The molecule has 68 valence electrons. The molecule has 0 radical (unpaired) electrons. The van der Waals surface area contributed by atoms with E-state index in [1.165, 1.54) is 0 Å². The van der Waals surface area contributed by atoms with E-state index in [2.05, 4.69) is 4.90 Å². The zero-order valence-corrected chi connectivity index (χ0v) is 7.96. The maximum atomic E-state index is 5.33. The predicted molar refractivity (Wildman–Crippen MR) is 45.6 cm³/mol. The third kappa shape index (κ3) is 6.28. The van der Waals surface area contributed by atoms with Gasteiger partial charge in [0.15, 0.2) is 6.29 Å². The standard InChI is InChI=1S/C8H19NO2/c1-5-10-8(11-6-2)7-9(3)4/h8H,5-7H2,1-4H3. The minimum absolute atomic E-state index is 0.0694. The van der Waals surface area contributed by atoms with Crippen molar-refractivity contribution in [1.29, 1.82) is 0 Å². The van der Waals surface area contributed by atoms with Crippen LogP contribution in [0.2, 0.25) is 0 Å². The molecule has 0 spiro atoms. The molecule has 0 atom stereocenters. The van der Waals surface area contributed by atoms with Crippen LogP contribution in [-0.4, -0.2) is 45.0 Å². The molecule has 3 heteroatoms. The van der Waals surface area contributed by atoms with Gasteiger partial charge < -0.3 is 14.4 Å². The lowest BCUT2D eigenvalue weighted by Crippen LogP contribution is -2.30. The number of nitrogens with zero attached hydrogens (tertiary/aromatic N) is 1. The van der Waals surface area contributed by atoms with Crippen LogP contribution in [0.5, 0.6) is 0 Å². The van der Waals surface area contributed by atoms with E-state index in [1.54, 1.807) is 0 Å². The van der Waals surface area contributed by atoms with E-state index in [1.807, 2.05) is 27.9 Å². The van der Waals surface area contributed by atoms with Crippen LogP contribution in [0.3, 0.4) is 0 Å². The minimum Gasteiger partial charge on any atom is -0.352 e. The molecule has 0 aliphatic rings. The second kappa shape index (κ2) is 6.58. The summed E-state index contributed by atoms with van der Waals surface area (Å²) in [4.78, 5) is 2.05. The molecule has 0 aliphatic carbocycles. The van der Waals surface area contributed by atoms with Gasteiger partial charge in [0.25, 0.3) is 0 Å². The fourth-order valence-electron chi connectivity index (χ4n) is 0.823. The summed E-state index contributed by atoms with van der Waals surface area (Å²) in [6, 6.07) is 0. The van der Waals surface area contributed by atoms with Gasteiger partial charge in [0.2, 0.25) is 0 Å². The van der Waals surface area contributed by atoms with Crippen molar-refractivity contribution in [3.8, 4) is 0 Å². The van der Waals surface area contributed by atoms with Gasteiger partial charge in [-0.3, -0.25) is 0 Å². The van der Waals surface area contributed by atoms with Crippen LogP contribution in [0.15, 0.2) is 0 Å². The van der Waals surface area contributed by atoms with Gasteiger partial charge in [0, 0.05) is 19.8 Å². The summed E-state index contributed by atoms with van der Waals surface area (Å²) in [6.45, 7) is 6.18. The quantitative estimate of drug-likeness (QED) is 0.541. The van der Waals surface area contributed by atoms with Gasteiger partial charge in [-0.1, -0.05) is 0 Å². The maximum Gasteiger partial charge on any atom is 0.170 e. The largest absolute Gasteiger partial charge is 0.352 e. The first-order valence-electron chi connectivity index (χ1n) is 4.08. The summed E-state index contributed by atoms with van der Waals surface area (Å²) in [5, 5.41) is 0. The fourth-order valence-corrected chi connectivity index (χ4v) is 0.823. The molecule has 0 aromatic heterocycles. The van der Waals surface area contributed by atoms with Gasteiger partial charge in [-0.2, -0.15) is 0 Å². The molecular formula is C8H19NO2. The van der Waals surface area contributed by atoms with Crippen molar-refractivity contribution < 1.29 is 9.47 Å². The molecular weight excluding hydrogens is 142 g/mol. The average Bonchev–Trinajstić information content (AvgIpc) is 1.87. The lowest BCUT2D eigenvalue weighted by Gasteiger charge is -2.20. The number of hydrogen-bond donors (Lipinski definition) is 0. The summed E-state index contributed by atoms with van der Waals surface area (Å²) >= 11 is 0. The second-order valence-corrected chi connectivity index (χ2v) is 2.60. The lowest BCUT2D eigenvalue weighted by molar-refractivity contribution is -0.143. The Morgan fingerprint density at radius 2 is 1.55 bits per heavy atom. The summed E-state index contributed by atoms with van der Waals surface area (Å²) in [5.41, 5.74) is 0. The highest BCUT2D eigenvalue weighted by molar-refractivity contribution is 4.48. The molecule has 3 nitrogen and oxygen atoms in total. The highest BCUT2D eigenvalue weighted by Gasteiger charge is 2.07. The summed E-state index contributed by atoms with van der Waals surface area (Å²) in [5.74, 6) is 0. The van der Waals surface area contributed by atoms with Crippen LogP contribution < -0.4 is 0 Å². The van der Waals surface area contributed by atoms with E-state index in [0.717, 1.165) is 6.54 Å². The Morgan fingerprint density at radius 3 is 1.82 bits per heavy atom. The highest BCUT2D eigenvalue weighted by atomic mass is 16.7. The minimum atomic E-state index is -0.0694. The van der Waals surface area contributed by atoms with Crippen LogP contribution in [0.25, 0.3) is 0 Å². The van der Waals surface area contributed by atoms with Crippen LogP contribution >= 0.6 is 0 Å². The molecule has 0 aromatic rings. The third-order valence-corrected chi connectivity index (χ3v) is 1.22. The van der Waals surface area contributed by atoms with E-state index >= 15 is 0 Å². The zero-order valence-electron chi connectivity index (χ0n) is 7.96. The van der Waals surface area contributed by atoms with Gasteiger partial charge in [-0.25, -0.2) is 0 Å². The van der Waals surface area contributed by atoms with Crippen molar-refractivity contribution >= 4 is 0 Å². The normalized spacial score (nSPS) is 11.5. The zero-order chi connectivity index (χ0) is 8.69. The molecule has 0 rings (SSSR count). The van der Waals surface area contributed by atoms with E-state index in [9.17, 15) is 0 Å². The van der Waals surface area contributed by atoms with Gasteiger partial charge in [-0.15, -0.1) is 0 Å². The van der Waals surface area contributed by atoms with Crippen molar-refractivity contribution in [2.75, 3.05) is 33.9 Å². The Bertz CT molecular complexity index is 80.2. The summed E-state index contributed by atoms with van der Waals surface area (Å²) in [7, 11) is 4.01. The van der Waals surface area contributed by atoms with Crippen LogP contribution in [0, 0.1) is 0 Å². The van der Waals surface area contributed by atoms with Crippen molar-refractivity contribution in [3.05, 3.63) is 0 Å². The van der Waals surface area contributed by atoms with Crippen molar-refractivity contribution in [1.82, 2.24) is 4.90 Å². The Labute approximate surface area is 69.3 Å². The lowest BCUT2D eigenvalue weighted by atomic mass is 10.5. The first-order chi connectivity index (χ1) is 5.20. The SMILES string of the molecule is CCOC(CN(C)C)OCC. The van der Waals surface area contributed by atoms with Gasteiger partial charge in [0.1, 0.15) is 0 Å². The number of ether oxygens (including phenoxy) is 2. The van der Waals surface area contributed by atoms with E-state index in [4.69, 9.17) is 9.47 Å².